The van der Waals surface area contributed by atoms with Crippen molar-refractivity contribution in [1.29, 1.82) is 0 Å². The van der Waals surface area contributed by atoms with Gasteiger partial charge in [-0.25, -0.2) is 0 Å². The molecule has 3 rings (SSSR count). The second-order valence-corrected chi connectivity index (χ2v) is 6.12. The van der Waals surface area contributed by atoms with E-state index in [1.54, 1.807) is 0 Å². The summed E-state index contributed by atoms with van der Waals surface area (Å²) < 4.78 is 6.08. The number of rotatable bonds is 1. The van der Waals surface area contributed by atoms with E-state index in [2.05, 4.69) is 38.1 Å². The minimum absolute atomic E-state index is 0.123. The van der Waals surface area contributed by atoms with Crippen molar-refractivity contribution < 1.29 is 4.42 Å². The summed E-state index contributed by atoms with van der Waals surface area (Å²) in [6.07, 6.45) is 3.24. The molecule has 0 saturated heterocycles. The maximum atomic E-state index is 6.23. The van der Waals surface area contributed by atoms with Gasteiger partial charge in [0.15, 0.2) is 0 Å². The zero-order chi connectivity index (χ0) is 12.0. The summed E-state index contributed by atoms with van der Waals surface area (Å²) in [5, 5.41) is 1.51. The van der Waals surface area contributed by atoms with Gasteiger partial charge < -0.3 is 4.42 Å². The van der Waals surface area contributed by atoms with Crippen LogP contribution in [0, 0.1) is 6.92 Å². The third-order valence-corrected chi connectivity index (χ3v) is 4.39. The molecular formula is C15H17ClO. The average molecular weight is 249 g/mol. The number of benzene rings is 1. The minimum atomic E-state index is 0.123. The molecule has 1 saturated carbocycles. The highest BCUT2D eigenvalue weighted by molar-refractivity contribution is 6.20. The smallest absolute Gasteiger partial charge is 0.137 e. The summed E-state index contributed by atoms with van der Waals surface area (Å²) in [4.78, 5) is 0. The number of hydrogen-bond donors (Lipinski definition) is 0. The van der Waals surface area contributed by atoms with Crippen molar-refractivity contribution in [2.45, 2.75) is 43.9 Å². The van der Waals surface area contributed by atoms with Crippen LogP contribution in [0.1, 0.15) is 37.5 Å². The number of fused-ring (bicyclic) bond motifs is 1. The predicted octanol–water partition coefficient (Wildman–Crippen LogP) is 4.79. The maximum absolute atomic E-state index is 6.23. The van der Waals surface area contributed by atoms with E-state index in [4.69, 9.17) is 16.0 Å². The van der Waals surface area contributed by atoms with Crippen LogP contribution < -0.4 is 0 Å². The van der Waals surface area contributed by atoms with E-state index in [9.17, 15) is 0 Å². The van der Waals surface area contributed by atoms with Crippen molar-refractivity contribution in [1.82, 2.24) is 0 Å². The zero-order valence-electron chi connectivity index (χ0n) is 10.3. The Labute approximate surface area is 107 Å². The van der Waals surface area contributed by atoms with Gasteiger partial charge in [-0.05, 0) is 37.8 Å². The lowest BCUT2D eigenvalue weighted by molar-refractivity contribution is 0.381. The molecule has 90 valence electrons. The number of halogens is 1. The molecule has 0 amide bonds. The van der Waals surface area contributed by atoms with Gasteiger partial charge in [-0.1, -0.05) is 25.1 Å². The van der Waals surface area contributed by atoms with Crippen LogP contribution in [-0.4, -0.2) is 5.38 Å². The summed E-state index contributed by atoms with van der Waals surface area (Å²) >= 11 is 6.23. The van der Waals surface area contributed by atoms with Gasteiger partial charge in [0.1, 0.15) is 11.3 Å². The van der Waals surface area contributed by atoms with E-state index in [0.29, 0.717) is 5.38 Å². The molecule has 1 fully saturated rings. The molecule has 1 aromatic carbocycles. The molecule has 0 aliphatic heterocycles. The van der Waals surface area contributed by atoms with Crippen LogP contribution in [0.2, 0.25) is 0 Å². The maximum Gasteiger partial charge on any atom is 0.137 e. The van der Waals surface area contributed by atoms with Gasteiger partial charge >= 0.3 is 0 Å². The van der Waals surface area contributed by atoms with Crippen molar-refractivity contribution >= 4 is 22.6 Å². The first-order valence-electron chi connectivity index (χ1n) is 6.22. The number of para-hydroxylation sites is 1. The van der Waals surface area contributed by atoms with Gasteiger partial charge in [0.25, 0.3) is 0 Å². The lowest BCUT2D eigenvalue weighted by Crippen LogP contribution is -2.16. The quantitative estimate of drug-likeness (QED) is 0.662. The first kappa shape index (κ1) is 11.2. The fourth-order valence-corrected chi connectivity index (χ4v) is 3.35. The highest BCUT2D eigenvalue weighted by Crippen LogP contribution is 2.44. The fraction of sp³-hybridized carbons (Fsp3) is 0.467. The summed E-state index contributed by atoms with van der Waals surface area (Å²) in [6, 6.07) is 8.48. The highest BCUT2D eigenvalue weighted by atomic mass is 35.5. The third-order valence-electron chi connectivity index (χ3n) is 4.02. The van der Waals surface area contributed by atoms with E-state index in [1.807, 2.05) is 0 Å². The number of furan rings is 1. The van der Waals surface area contributed by atoms with Crippen LogP contribution in [0.3, 0.4) is 0 Å². The Morgan fingerprint density at radius 1 is 1.41 bits per heavy atom. The first-order valence-corrected chi connectivity index (χ1v) is 6.66. The molecule has 2 unspecified atom stereocenters. The number of hydrogen-bond acceptors (Lipinski definition) is 1. The van der Waals surface area contributed by atoms with Crippen LogP contribution >= 0.6 is 11.6 Å². The lowest BCUT2D eigenvalue weighted by atomic mass is 9.86. The molecule has 0 bridgehead atoms. The van der Waals surface area contributed by atoms with Crippen LogP contribution in [0.25, 0.3) is 11.0 Å². The van der Waals surface area contributed by atoms with Gasteiger partial charge in [-0.15, -0.1) is 11.6 Å². The Morgan fingerprint density at radius 3 is 2.88 bits per heavy atom. The molecule has 2 heteroatoms. The van der Waals surface area contributed by atoms with E-state index in [0.717, 1.165) is 30.6 Å². The second-order valence-electron chi connectivity index (χ2n) is 5.50. The molecule has 0 N–H and O–H groups in total. The van der Waals surface area contributed by atoms with Gasteiger partial charge in [0.2, 0.25) is 0 Å². The second kappa shape index (κ2) is 3.78. The Hall–Kier alpha value is -0.950. The summed E-state index contributed by atoms with van der Waals surface area (Å²) in [5.41, 5.74) is 2.36. The standard InChI is InChI=1S/C15H17ClO/c1-10-4-3-5-11-8-13(17-14(10)11)15(2)7-6-12(16)9-15/h3-5,8,12H,6-7,9H2,1-2H3. The summed E-state index contributed by atoms with van der Waals surface area (Å²) in [5.74, 6) is 1.10. The van der Waals surface area contributed by atoms with Crippen molar-refractivity contribution in [3.05, 3.63) is 35.6 Å². The highest BCUT2D eigenvalue weighted by Gasteiger charge is 2.38. The molecule has 0 radical (unpaired) electrons. The van der Waals surface area contributed by atoms with Gasteiger partial charge in [-0.2, -0.15) is 0 Å². The summed E-state index contributed by atoms with van der Waals surface area (Å²) in [6.45, 7) is 4.36. The van der Waals surface area contributed by atoms with E-state index in [-0.39, 0.29) is 5.41 Å². The van der Waals surface area contributed by atoms with E-state index >= 15 is 0 Å². The number of aryl methyl sites for hydroxylation is 1. The molecule has 1 aliphatic carbocycles. The van der Waals surface area contributed by atoms with Crippen molar-refractivity contribution in [2.75, 3.05) is 0 Å². The van der Waals surface area contributed by atoms with Crippen LogP contribution in [0.4, 0.5) is 0 Å². The average Bonchev–Trinajstić information content (AvgIpc) is 2.85. The van der Waals surface area contributed by atoms with Gasteiger partial charge in [0, 0.05) is 16.2 Å². The molecule has 2 aromatic rings. The fourth-order valence-electron chi connectivity index (χ4n) is 2.90. The van der Waals surface area contributed by atoms with Crippen LogP contribution in [0.15, 0.2) is 28.7 Å². The molecule has 1 heterocycles. The first-order chi connectivity index (χ1) is 8.08. The molecule has 1 aromatic heterocycles. The lowest BCUT2D eigenvalue weighted by Gasteiger charge is -2.20. The Balaban J connectivity index is 2.10. The Kier molecular flexibility index (Phi) is 2.48. The Bertz CT molecular complexity index is 557. The van der Waals surface area contributed by atoms with E-state index < -0.39 is 0 Å². The largest absolute Gasteiger partial charge is 0.460 e. The van der Waals surface area contributed by atoms with Crippen molar-refractivity contribution in [3.63, 3.8) is 0 Å². The van der Waals surface area contributed by atoms with Gasteiger partial charge in [-0.3, -0.25) is 0 Å². The molecular weight excluding hydrogens is 232 g/mol. The minimum Gasteiger partial charge on any atom is -0.460 e. The van der Waals surface area contributed by atoms with Crippen LogP contribution in [0.5, 0.6) is 0 Å². The third kappa shape index (κ3) is 1.77. The van der Waals surface area contributed by atoms with Gasteiger partial charge in [0.05, 0.1) is 0 Å². The zero-order valence-corrected chi connectivity index (χ0v) is 11.1. The topological polar surface area (TPSA) is 13.1 Å². The molecule has 2 atom stereocenters. The molecule has 1 nitrogen and oxygen atoms in total. The number of alkyl halides is 1. The molecule has 0 spiro atoms. The monoisotopic (exact) mass is 248 g/mol. The molecule has 17 heavy (non-hydrogen) atoms. The Morgan fingerprint density at radius 2 is 2.24 bits per heavy atom. The van der Waals surface area contributed by atoms with Crippen molar-refractivity contribution in [2.24, 2.45) is 0 Å². The summed E-state index contributed by atoms with van der Waals surface area (Å²) in [7, 11) is 0. The SMILES string of the molecule is Cc1cccc2cc(C3(C)CCC(Cl)C3)oc12. The normalized spacial score (nSPS) is 29.0. The van der Waals surface area contributed by atoms with E-state index in [1.165, 1.54) is 10.9 Å². The van der Waals surface area contributed by atoms with Crippen molar-refractivity contribution in [3.8, 4) is 0 Å². The molecule has 1 aliphatic rings. The van der Waals surface area contributed by atoms with Crippen LogP contribution in [-0.2, 0) is 5.41 Å². The predicted molar refractivity (Wildman–Crippen MR) is 71.8 cm³/mol.